The third kappa shape index (κ3) is 3.96. The number of rotatable bonds is 5. The van der Waals surface area contributed by atoms with Crippen LogP contribution in [0.4, 0.5) is 0 Å². The van der Waals surface area contributed by atoms with Crippen LogP contribution >= 0.6 is 15.9 Å². The third-order valence-corrected chi connectivity index (χ3v) is 7.74. The molecule has 0 spiro atoms. The van der Waals surface area contributed by atoms with Crippen LogP contribution in [-0.4, -0.2) is 33.4 Å². The summed E-state index contributed by atoms with van der Waals surface area (Å²) in [6, 6.07) is 3.92. The molecule has 7 heteroatoms. The predicted octanol–water partition coefficient (Wildman–Crippen LogP) is 4.02. The van der Waals surface area contributed by atoms with Gasteiger partial charge in [0.1, 0.15) is 5.69 Å². The zero-order valence-corrected chi connectivity index (χ0v) is 20.3. The molecule has 2 aromatic heterocycles. The van der Waals surface area contributed by atoms with E-state index in [0.717, 1.165) is 39.6 Å². The summed E-state index contributed by atoms with van der Waals surface area (Å²) in [5.74, 6) is 6.71. The normalized spacial score (nSPS) is 27.5. The number of halogens is 1. The van der Waals surface area contributed by atoms with Crippen LogP contribution in [0.3, 0.4) is 0 Å². The maximum absolute atomic E-state index is 10.0. The lowest BCUT2D eigenvalue weighted by Gasteiger charge is -2.18. The van der Waals surface area contributed by atoms with Crippen molar-refractivity contribution >= 4 is 28.5 Å². The van der Waals surface area contributed by atoms with Crippen molar-refractivity contribution in [1.82, 2.24) is 9.97 Å². The number of aromatic nitrogens is 2. The van der Waals surface area contributed by atoms with Gasteiger partial charge in [-0.2, -0.15) is 0 Å². The molecule has 3 atom stereocenters. The van der Waals surface area contributed by atoms with Gasteiger partial charge < -0.3 is 14.4 Å². The summed E-state index contributed by atoms with van der Waals surface area (Å²) in [6.45, 7) is 10.2. The van der Waals surface area contributed by atoms with Gasteiger partial charge >= 0.3 is 7.12 Å². The summed E-state index contributed by atoms with van der Waals surface area (Å²) in [7, 11) is -0.424. The first-order chi connectivity index (χ1) is 14.7. The van der Waals surface area contributed by atoms with E-state index >= 15 is 0 Å². The van der Waals surface area contributed by atoms with Gasteiger partial charge in [0.2, 0.25) is 0 Å². The van der Waals surface area contributed by atoms with Crippen molar-refractivity contribution in [2.45, 2.75) is 71.2 Å². The van der Waals surface area contributed by atoms with Crippen molar-refractivity contribution < 1.29 is 14.4 Å². The molecule has 0 radical (unpaired) electrons. The van der Waals surface area contributed by atoms with Gasteiger partial charge in [0.05, 0.1) is 23.0 Å². The zero-order valence-electron chi connectivity index (χ0n) is 18.7. The molecule has 1 N–H and O–H groups in total. The molecule has 5 nitrogen and oxygen atoms in total. The lowest BCUT2D eigenvalue weighted by molar-refractivity contribution is 0.168. The monoisotopic (exact) mass is 482 g/mol. The molecule has 3 unspecified atom stereocenters. The minimum Gasteiger partial charge on any atom is -0.399 e. The topological polar surface area (TPSA) is 64.5 Å². The molecule has 162 valence electrons. The molecule has 1 aliphatic heterocycles. The van der Waals surface area contributed by atoms with Crippen LogP contribution in [0.2, 0.25) is 0 Å². The van der Waals surface area contributed by atoms with E-state index in [4.69, 9.17) is 9.31 Å². The first-order valence-electron chi connectivity index (χ1n) is 10.8. The highest BCUT2D eigenvalue weighted by Gasteiger charge is 2.78. The maximum Gasteiger partial charge on any atom is 0.496 e. The van der Waals surface area contributed by atoms with E-state index in [1.807, 2.05) is 32.9 Å². The van der Waals surface area contributed by atoms with Gasteiger partial charge in [-0.25, -0.2) is 4.98 Å². The van der Waals surface area contributed by atoms with E-state index in [9.17, 15) is 5.11 Å². The second-order valence-electron chi connectivity index (χ2n) is 8.88. The van der Waals surface area contributed by atoms with Gasteiger partial charge in [-0.3, -0.25) is 4.98 Å². The summed E-state index contributed by atoms with van der Waals surface area (Å²) < 4.78 is 13.8. The van der Waals surface area contributed by atoms with E-state index in [1.54, 1.807) is 12.4 Å². The Bertz CT molecular complexity index is 1050. The van der Waals surface area contributed by atoms with Crippen LogP contribution in [0, 0.1) is 31.6 Å². The number of aryl methyl sites for hydroxylation is 2. The average molecular weight is 483 g/mol. The number of pyridine rings is 2. The molecule has 0 amide bonds. The second-order valence-corrected chi connectivity index (χ2v) is 9.74. The zero-order chi connectivity index (χ0) is 22.4. The van der Waals surface area contributed by atoms with Crippen LogP contribution in [-0.2, 0) is 9.31 Å². The van der Waals surface area contributed by atoms with E-state index < -0.39 is 13.2 Å². The fraction of sp³-hybridized carbons (Fsp3) is 0.500. The van der Waals surface area contributed by atoms with Gasteiger partial charge in [-0.15, -0.1) is 0 Å². The molecule has 2 aliphatic rings. The highest BCUT2D eigenvalue weighted by molar-refractivity contribution is 9.10. The SMILES string of the molecule is CCC(O)c1cc(C)c(B2OC3(C)C(CCC#Cc4cc(C)c(Br)cn4)C3(C)O2)cn1. The van der Waals surface area contributed by atoms with Gasteiger partial charge in [-0.05, 0) is 85.6 Å². The molecule has 0 aromatic carbocycles. The first-order valence-corrected chi connectivity index (χ1v) is 11.6. The first kappa shape index (κ1) is 22.5. The predicted molar refractivity (Wildman–Crippen MR) is 125 cm³/mol. The quantitative estimate of drug-likeness (QED) is 0.515. The Kier molecular flexibility index (Phi) is 6.04. The van der Waals surface area contributed by atoms with Crippen LogP contribution < -0.4 is 5.46 Å². The molecule has 2 fully saturated rings. The Balaban J connectivity index is 1.38. The summed E-state index contributed by atoms with van der Waals surface area (Å²) >= 11 is 3.46. The molecule has 1 saturated heterocycles. The van der Waals surface area contributed by atoms with E-state index in [0.29, 0.717) is 18.0 Å². The van der Waals surface area contributed by atoms with Crippen molar-refractivity contribution in [2.24, 2.45) is 5.92 Å². The van der Waals surface area contributed by atoms with Crippen molar-refractivity contribution in [3.63, 3.8) is 0 Å². The summed E-state index contributed by atoms with van der Waals surface area (Å²) in [5, 5.41) is 10.0. The minimum atomic E-state index is -0.538. The third-order valence-electron chi connectivity index (χ3n) is 6.91. The van der Waals surface area contributed by atoms with Crippen LogP contribution in [0.25, 0.3) is 0 Å². The Hall–Kier alpha value is -1.72. The van der Waals surface area contributed by atoms with Crippen molar-refractivity contribution in [1.29, 1.82) is 0 Å². The molecular formula is C24H28BBrN2O3. The lowest BCUT2D eigenvalue weighted by Crippen LogP contribution is -2.39. The van der Waals surface area contributed by atoms with E-state index in [2.05, 4.69) is 51.6 Å². The van der Waals surface area contributed by atoms with E-state index in [1.165, 1.54) is 0 Å². The summed E-state index contributed by atoms with van der Waals surface area (Å²) in [4.78, 5) is 8.76. The van der Waals surface area contributed by atoms with Gasteiger partial charge in [0.15, 0.2) is 0 Å². The molecule has 4 rings (SSSR count). The lowest BCUT2D eigenvalue weighted by atomic mass is 9.76. The van der Waals surface area contributed by atoms with Crippen molar-refractivity contribution in [2.75, 3.05) is 0 Å². The second kappa shape index (κ2) is 8.33. The van der Waals surface area contributed by atoms with Crippen molar-refractivity contribution in [3.05, 3.63) is 51.5 Å². The molecule has 1 saturated carbocycles. The fourth-order valence-corrected chi connectivity index (χ4v) is 4.80. The number of aliphatic hydroxyl groups is 1. The fourth-order valence-electron chi connectivity index (χ4n) is 4.58. The number of hydrogen-bond acceptors (Lipinski definition) is 5. The summed E-state index contributed by atoms with van der Waals surface area (Å²) in [5.41, 5.74) is 3.93. The minimum absolute atomic E-state index is 0.305. The molecular weight excluding hydrogens is 455 g/mol. The molecule has 1 aliphatic carbocycles. The Morgan fingerprint density at radius 1 is 1.16 bits per heavy atom. The Morgan fingerprint density at radius 3 is 2.48 bits per heavy atom. The van der Waals surface area contributed by atoms with Crippen LogP contribution in [0.15, 0.2) is 29.0 Å². The Labute approximate surface area is 193 Å². The molecule has 3 heterocycles. The molecule has 2 aromatic rings. The average Bonchev–Trinajstić information content (AvgIpc) is 3.02. The van der Waals surface area contributed by atoms with E-state index in [-0.39, 0.29) is 11.2 Å². The summed E-state index contributed by atoms with van der Waals surface area (Å²) in [6.07, 6.45) is 5.36. The largest absolute Gasteiger partial charge is 0.496 e. The van der Waals surface area contributed by atoms with Crippen molar-refractivity contribution in [3.8, 4) is 11.8 Å². The number of aliphatic hydroxyl groups excluding tert-OH is 1. The number of nitrogens with zero attached hydrogens (tertiary/aromatic N) is 2. The van der Waals surface area contributed by atoms with Gasteiger partial charge in [-0.1, -0.05) is 12.8 Å². The smallest absolute Gasteiger partial charge is 0.399 e. The molecule has 31 heavy (non-hydrogen) atoms. The number of fused-ring (bicyclic) bond motifs is 1. The van der Waals surface area contributed by atoms with Gasteiger partial charge in [0, 0.05) is 34.7 Å². The van der Waals surface area contributed by atoms with Crippen LogP contribution in [0.5, 0.6) is 0 Å². The van der Waals surface area contributed by atoms with Gasteiger partial charge in [0.25, 0.3) is 0 Å². The Morgan fingerprint density at radius 2 is 1.87 bits per heavy atom. The standard InChI is InChI=1S/C24H28BBrN2O3/c1-6-21(29)20-12-15(2)18(13-28-20)25-30-23(4)22(24(23,5)31-25)10-8-7-9-17-11-16(3)19(26)14-27-17/h11-14,21-22,29H,6,8,10H2,1-5H3. The molecule has 0 bridgehead atoms. The van der Waals surface area contributed by atoms with Crippen LogP contribution in [0.1, 0.15) is 68.7 Å². The highest BCUT2D eigenvalue weighted by atomic mass is 79.9. The highest BCUT2D eigenvalue weighted by Crippen LogP contribution is 2.65. The number of hydrogen-bond donors (Lipinski definition) is 1. The maximum atomic E-state index is 10.0.